The molecule has 1 aromatic heterocycles. The fraction of sp³-hybridized carbons (Fsp3) is 0.357. The second-order valence-corrected chi connectivity index (χ2v) is 5.14. The summed E-state index contributed by atoms with van der Waals surface area (Å²) < 4.78 is 7.28. The number of anilines is 2. The highest BCUT2D eigenvalue weighted by Gasteiger charge is 2.11. The van der Waals surface area contributed by atoms with Crippen molar-refractivity contribution < 1.29 is 4.74 Å². The summed E-state index contributed by atoms with van der Waals surface area (Å²) in [6, 6.07) is 8.46. The summed E-state index contributed by atoms with van der Waals surface area (Å²) in [6.45, 7) is 2.77. The number of imidazole rings is 1. The lowest BCUT2D eigenvalue weighted by atomic mass is 10.3. The van der Waals surface area contributed by atoms with Gasteiger partial charge in [0.25, 0.3) is 0 Å². The van der Waals surface area contributed by atoms with E-state index >= 15 is 0 Å². The molecule has 2 aromatic rings. The Labute approximate surface area is 118 Å². The van der Waals surface area contributed by atoms with E-state index in [-0.39, 0.29) is 6.04 Å². The van der Waals surface area contributed by atoms with Crippen molar-refractivity contribution in [3.05, 3.63) is 36.7 Å². The standard InChI is InChI=1S/C14H19N3OS/c1-11(10-18-2)17-9-8-15-14(17)16-12-6-4-5-7-13(12)19-3/h4-9,11H,10H2,1-3H3,(H,15,16). The van der Waals surface area contributed by atoms with Gasteiger partial charge in [0.05, 0.1) is 18.3 Å². The van der Waals surface area contributed by atoms with Gasteiger partial charge in [-0.3, -0.25) is 0 Å². The van der Waals surface area contributed by atoms with Crippen LogP contribution in [0.1, 0.15) is 13.0 Å². The van der Waals surface area contributed by atoms with Crippen LogP contribution in [-0.4, -0.2) is 29.5 Å². The smallest absolute Gasteiger partial charge is 0.207 e. The first kappa shape index (κ1) is 14.0. The fourth-order valence-corrected chi connectivity index (χ4v) is 2.51. The summed E-state index contributed by atoms with van der Waals surface area (Å²) in [5.74, 6) is 0.839. The largest absolute Gasteiger partial charge is 0.383 e. The molecule has 0 spiro atoms. The Morgan fingerprint density at radius 3 is 2.95 bits per heavy atom. The lowest BCUT2D eigenvalue weighted by molar-refractivity contribution is 0.163. The van der Waals surface area contributed by atoms with Crippen molar-refractivity contribution in [2.75, 3.05) is 25.3 Å². The number of hydrogen-bond acceptors (Lipinski definition) is 4. The van der Waals surface area contributed by atoms with E-state index in [4.69, 9.17) is 4.74 Å². The molecule has 0 amide bonds. The molecule has 0 fully saturated rings. The number of ether oxygens (including phenoxy) is 1. The Kier molecular flexibility index (Phi) is 4.87. The number of thioether (sulfide) groups is 1. The molecule has 0 saturated carbocycles. The molecule has 0 bridgehead atoms. The molecule has 1 aromatic carbocycles. The van der Waals surface area contributed by atoms with Crippen molar-refractivity contribution in [2.24, 2.45) is 0 Å². The maximum atomic E-state index is 5.20. The monoisotopic (exact) mass is 277 g/mol. The van der Waals surface area contributed by atoms with Crippen LogP contribution in [0.15, 0.2) is 41.6 Å². The van der Waals surface area contributed by atoms with Crippen LogP contribution in [0.3, 0.4) is 0 Å². The second-order valence-electron chi connectivity index (χ2n) is 4.29. The van der Waals surface area contributed by atoms with E-state index < -0.39 is 0 Å². The summed E-state index contributed by atoms with van der Waals surface area (Å²) in [7, 11) is 1.71. The lowest BCUT2D eigenvalue weighted by Gasteiger charge is -2.17. The van der Waals surface area contributed by atoms with Gasteiger partial charge in [-0.15, -0.1) is 11.8 Å². The van der Waals surface area contributed by atoms with Crippen molar-refractivity contribution >= 4 is 23.4 Å². The van der Waals surface area contributed by atoms with Gasteiger partial charge in [0.15, 0.2) is 0 Å². The summed E-state index contributed by atoms with van der Waals surface area (Å²) in [5.41, 5.74) is 1.08. The van der Waals surface area contributed by atoms with Gasteiger partial charge in [-0.2, -0.15) is 0 Å². The molecule has 1 unspecified atom stereocenters. The number of nitrogens with one attached hydrogen (secondary N) is 1. The highest BCUT2D eigenvalue weighted by atomic mass is 32.2. The maximum Gasteiger partial charge on any atom is 0.207 e. The Hall–Kier alpha value is -1.46. The third kappa shape index (κ3) is 3.30. The first-order chi connectivity index (χ1) is 9.26. The lowest BCUT2D eigenvalue weighted by Crippen LogP contribution is -2.12. The van der Waals surface area contributed by atoms with E-state index in [1.807, 2.05) is 18.3 Å². The third-order valence-corrected chi connectivity index (χ3v) is 3.70. The van der Waals surface area contributed by atoms with Gasteiger partial charge in [0.2, 0.25) is 5.95 Å². The normalized spacial score (nSPS) is 12.4. The number of hydrogen-bond donors (Lipinski definition) is 1. The van der Waals surface area contributed by atoms with E-state index in [9.17, 15) is 0 Å². The van der Waals surface area contributed by atoms with Crippen LogP contribution in [-0.2, 0) is 4.74 Å². The molecule has 1 atom stereocenters. The van der Waals surface area contributed by atoms with E-state index in [2.05, 4.69) is 40.2 Å². The predicted molar refractivity (Wildman–Crippen MR) is 80.3 cm³/mol. The zero-order chi connectivity index (χ0) is 13.7. The van der Waals surface area contributed by atoms with E-state index in [1.165, 1.54) is 4.90 Å². The van der Waals surface area contributed by atoms with E-state index in [0.717, 1.165) is 11.6 Å². The predicted octanol–water partition coefficient (Wildman–Crippen LogP) is 3.56. The molecule has 0 radical (unpaired) electrons. The average Bonchev–Trinajstić information content (AvgIpc) is 2.88. The molecule has 1 N–H and O–H groups in total. The summed E-state index contributed by atoms with van der Waals surface area (Å²) >= 11 is 1.72. The molecule has 1 heterocycles. The number of nitrogens with zero attached hydrogens (tertiary/aromatic N) is 2. The van der Waals surface area contributed by atoms with Crippen LogP contribution in [0.4, 0.5) is 11.6 Å². The van der Waals surface area contributed by atoms with Gasteiger partial charge >= 0.3 is 0 Å². The number of para-hydroxylation sites is 1. The average molecular weight is 277 g/mol. The summed E-state index contributed by atoms with van der Waals surface area (Å²) in [5, 5.41) is 3.39. The van der Waals surface area contributed by atoms with Crippen LogP contribution in [0, 0.1) is 0 Å². The van der Waals surface area contributed by atoms with Gasteiger partial charge in [-0.25, -0.2) is 4.98 Å². The quantitative estimate of drug-likeness (QED) is 0.820. The van der Waals surface area contributed by atoms with Crippen molar-refractivity contribution in [1.29, 1.82) is 0 Å². The fourth-order valence-electron chi connectivity index (χ4n) is 1.96. The first-order valence-corrected chi connectivity index (χ1v) is 7.40. The Balaban J connectivity index is 2.22. The van der Waals surface area contributed by atoms with Gasteiger partial charge in [0.1, 0.15) is 0 Å². The van der Waals surface area contributed by atoms with E-state index in [1.54, 1.807) is 25.1 Å². The Morgan fingerprint density at radius 2 is 2.21 bits per heavy atom. The van der Waals surface area contributed by atoms with Gasteiger partial charge in [-0.1, -0.05) is 12.1 Å². The molecule has 2 rings (SSSR count). The van der Waals surface area contributed by atoms with Crippen molar-refractivity contribution in [3.8, 4) is 0 Å². The van der Waals surface area contributed by atoms with Crippen LogP contribution < -0.4 is 5.32 Å². The molecule has 102 valence electrons. The molecular weight excluding hydrogens is 258 g/mol. The zero-order valence-corrected chi connectivity index (χ0v) is 12.3. The number of methoxy groups -OCH3 is 1. The molecule has 0 aliphatic heterocycles. The highest BCUT2D eigenvalue weighted by molar-refractivity contribution is 7.98. The van der Waals surface area contributed by atoms with Crippen LogP contribution >= 0.6 is 11.8 Å². The molecule has 0 saturated heterocycles. The molecule has 19 heavy (non-hydrogen) atoms. The van der Waals surface area contributed by atoms with Gasteiger partial charge in [-0.05, 0) is 25.3 Å². The van der Waals surface area contributed by atoms with Gasteiger partial charge < -0.3 is 14.6 Å². The molecule has 0 aliphatic rings. The molecular formula is C14H19N3OS. The molecule has 4 nitrogen and oxygen atoms in total. The Bertz CT molecular complexity index is 527. The van der Waals surface area contributed by atoms with Gasteiger partial charge in [0, 0.05) is 24.4 Å². The maximum absolute atomic E-state index is 5.20. The van der Waals surface area contributed by atoms with Crippen LogP contribution in [0.5, 0.6) is 0 Å². The Morgan fingerprint density at radius 1 is 1.42 bits per heavy atom. The van der Waals surface area contributed by atoms with Crippen molar-refractivity contribution in [1.82, 2.24) is 9.55 Å². The number of aromatic nitrogens is 2. The van der Waals surface area contributed by atoms with Crippen LogP contribution in [0.25, 0.3) is 0 Å². The van der Waals surface area contributed by atoms with Crippen LogP contribution in [0.2, 0.25) is 0 Å². The minimum atomic E-state index is 0.247. The second kappa shape index (κ2) is 6.63. The zero-order valence-electron chi connectivity index (χ0n) is 11.5. The van der Waals surface area contributed by atoms with Crippen molar-refractivity contribution in [2.45, 2.75) is 17.9 Å². The number of benzene rings is 1. The first-order valence-electron chi connectivity index (χ1n) is 6.18. The third-order valence-electron chi connectivity index (χ3n) is 2.90. The van der Waals surface area contributed by atoms with Crippen molar-refractivity contribution in [3.63, 3.8) is 0 Å². The molecule has 5 heteroatoms. The van der Waals surface area contributed by atoms with E-state index in [0.29, 0.717) is 6.61 Å². The SMILES string of the molecule is COCC(C)n1ccnc1Nc1ccccc1SC. The topological polar surface area (TPSA) is 39.1 Å². The molecule has 0 aliphatic carbocycles. The highest BCUT2D eigenvalue weighted by Crippen LogP contribution is 2.28. The minimum absolute atomic E-state index is 0.247. The summed E-state index contributed by atoms with van der Waals surface area (Å²) in [4.78, 5) is 5.58. The summed E-state index contributed by atoms with van der Waals surface area (Å²) in [6.07, 6.45) is 5.84. The number of rotatable bonds is 6. The minimum Gasteiger partial charge on any atom is -0.383 e.